The number of hydrogen-bond donors (Lipinski definition) is 1. The smallest absolute Gasteiger partial charge is 0.256 e. The standard InChI is InChI=1S/C22H16Cl2N2O3S/c1-28-18-11-16(19(29-2)10-14(18)23)26-22(27)13-9-17(20-7-8-21(24)30-20)25-15-6-4-3-5-12(13)15/h3-11H,1-2H3,(H,26,27). The minimum absolute atomic E-state index is 0.305. The topological polar surface area (TPSA) is 60.5 Å². The van der Waals surface area contributed by atoms with Crippen LogP contribution in [0.15, 0.2) is 54.6 Å². The average Bonchev–Trinajstić information content (AvgIpc) is 3.20. The molecule has 0 radical (unpaired) electrons. The van der Waals surface area contributed by atoms with E-state index in [1.165, 1.54) is 25.6 Å². The molecule has 0 bridgehead atoms. The van der Waals surface area contributed by atoms with Crippen LogP contribution < -0.4 is 14.8 Å². The summed E-state index contributed by atoms with van der Waals surface area (Å²) in [4.78, 5) is 18.8. The fourth-order valence-electron chi connectivity index (χ4n) is 3.09. The number of nitrogens with one attached hydrogen (secondary N) is 1. The highest BCUT2D eigenvalue weighted by molar-refractivity contribution is 7.19. The predicted molar refractivity (Wildman–Crippen MR) is 123 cm³/mol. The quantitative estimate of drug-likeness (QED) is 0.368. The Labute approximate surface area is 187 Å². The Morgan fingerprint density at radius 1 is 1.00 bits per heavy atom. The first-order chi connectivity index (χ1) is 14.5. The van der Waals surface area contributed by atoms with Crippen LogP contribution in [0.2, 0.25) is 9.36 Å². The van der Waals surface area contributed by atoms with Gasteiger partial charge in [-0.2, -0.15) is 0 Å². The number of fused-ring (bicyclic) bond motifs is 1. The Kier molecular flexibility index (Phi) is 5.81. The second kappa shape index (κ2) is 8.52. The molecule has 1 N–H and O–H groups in total. The van der Waals surface area contributed by atoms with Crippen molar-refractivity contribution in [2.45, 2.75) is 0 Å². The number of amides is 1. The lowest BCUT2D eigenvalue weighted by Gasteiger charge is -2.14. The van der Waals surface area contributed by atoms with Gasteiger partial charge in [-0.25, -0.2) is 4.98 Å². The summed E-state index contributed by atoms with van der Waals surface area (Å²) in [5.74, 6) is 0.555. The van der Waals surface area contributed by atoms with Crippen molar-refractivity contribution in [3.05, 3.63) is 69.5 Å². The van der Waals surface area contributed by atoms with Gasteiger partial charge in [0.05, 0.1) is 50.9 Å². The highest BCUT2D eigenvalue weighted by Crippen LogP contribution is 2.37. The lowest BCUT2D eigenvalue weighted by Crippen LogP contribution is -2.14. The molecule has 0 spiro atoms. The van der Waals surface area contributed by atoms with Crippen molar-refractivity contribution in [3.63, 3.8) is 0 Å². The van der Waals surface area contributed by atoms with Crippen molar-refractivity contribution in [2.75, 3.05) is 19.5 Å². The number of anilines is 1. The van der Waals surface area contributed by atoms with Crippen molar-refractivity contribution < 1.29 is 14.3 Å². The molecule has 2 aromatic heterocycles. The molecule has 1 amide bonds. The van der Waals surface area contributed by atoms with E-state index in [0.29, 0.717) is 43.3 Å². The summed E-state index contributed by atoms with van der Waals surface area (Å²) in [6.45, 7) is 0. The number of ether oxygens (including phenoxy) is 2. The summed E-state index contributed by atoms with van der Waals surface area (Å²) < 4.78 is 11.3. The third-order valence-electron chi connectivity index (χ3n) is 4.51. The van der Waals surface area contributed by atoms with Crippen LogP contribution in [0.1, 0.15) is 10.4 Å². The zero-order valence-electron chi connectivity index (χ0n) is 16.0. The van der Waals surface area contributed by atoms with Gasteiger partial charge in [0.15, 0.2) is 0 Å². The molecular formula is C22H16Cl2N2O3S. The minimum Gasteiger partial charge on any atom is -0.495 e. The number of para-hydroxylation sites is 1. The first kappa shape index (κ1) is 20.5. The molecule has 4 rings (SSSR count). The van der Waals surface area contributed by atoms with Gasteiger partial charge < -0.3 is 14.8 Å². The molecule has 5 nitrogen and oxygen atoms in total. The van der Waals surface area contributed by atoms with E-state index in [9.17, 15) is 4.79 Å². The van der Waals surface area contributed by atoms with Gasteiger partial charge in [0.25, 0.3) is 5.91 Å². The normalized spacial score (nSPS) is 10.8. The van der Waals surface area contributed by atoms with Gasteiger partial charge in [-0.1, -0.05) is 41.4 Å². The molecule has 152 valence electrons. The van der Waals surface area contributed by atoms with Crippen molar-refractivity contribution in [1.82, 2.24) is 4.98 Å². The fourth-order valence-corrected chi connectivity index (χ4v) is 4.32. The van der Waals surface area contributed by atoms with Crippen molar-refractivity contribution in [1.29, 1.82) is 0 Å². The molecule has 2 heterocycles. The number of halogens is 2. The molecule has 0 fully saturated rings. The monoisotopic (exact) mass is 458 g/mol. The summed E-state index contributed by atoms with van der Waals surface area (Å²) >= 11 is 13.7. The molecule has 0 saturated heterocycles. The van der Waals surface area contributed by atoms with E-state index in [-0.39, 0.29) is 5.91 Å². The summed E-state index contributed by atoms with van der Waals surface area (Å²) in [5, 5.41) is 4.03. The van der Waals surface area contributed by atoms with E-state index in [4.69, 9.17) is 37.7 Å². The van der Waals surface area contributed by atoms with Gasteiger partial charge in [0.2, 0.25) is 0 Å². The third kappa shape index (κ3) is 3.94. The van der Waals surface area contributed by atoms with E-state index >= 15 is 0 Å². The SMILES string of the molecule is COc1cc(NC(=O)c2cc(-c3ccc(Cl)s3)nc3ccccc23)c(OC)cc1Cl. The van der Waals surface area contributed by atoms with Crippen LogP contribution in [-0.2, 0) is 0 Å². The lowest BCUT2D eigenvalue weighted by molar-refractivity contribution is 0.102. The van der Waals surface area contributed by atoms with Gasteiger partial charge in [-0.05, 0) is 24.3 Å². The molecule has 0 atom stereocenters. The van der Waals surface area contributed by atoms with Crippen LogP contribution in [0.25, 0.3) is 21.5 Å². The first-order valence-electron chi connectivity index (χ1n) is 8.88. The highest BCUT2D eigenvalue weighted by Gasteiger charge is 2.18. The van der Waals surface area contributed by atoms with E-state index in [0.717, 1.165) is 10.3 Å². The molecule has 0 aliphatic rings. The van der Waals surface area contributed by atoms with Gasteiger partial charge in [-0.15, -0.1) is 11.3 Å². The first-order valence-corrected chi connectivity index (χ1v) is 10.5. The maximum atomic E-state index is 13.3. The van der Waals surface area contributed by atoms with Crippen LogP contribution in [-0.4, -0.2) is 25.1 Å². The van der Waals surface area contributed by atoms with Crippen LogP contribution in [0.4, 0.5) is 5.69 Å². The Bertz CT molecular complexity index is 1260. The number of carbonyl (C=O) groups excluding carboxylic acids is 1. The molecule has 2 aromatic carbocycles. The summed E-state index contributed by atoms with van der Waals surface area (Å²) in [6, 6.07) is 16.2. The van der Waals surface area contributed by atoms with Gasteiger partial charge in [0, 0.05) is 17.5 Å². The second-order valence-electron chi connectivity index (χ2n) is 6.32. The van der Waals surface area contributed by atoms with Crippen LogP contribution >= 0.6 is 34.5 Å². The van der Waals surface area contributed by atoms with Crippen molar-refractivity contribution in [3.8, 4) is 22.1 Å². The van der Waals surface area contributed by atoms with E-state index in [1.54, 1.807) is 18.2 Å². The van der Waals surface area contributed by atoms with Crippen LogP contribution in [0.3, 0.4) is 0 Å². The molecule has 4 aromatic rings. The number of benzene rings is 2. The largest absolute Gasteiger partial charge is 0.495 e. The number of methoxy groups -OCH3 is 2. The summed E-state index contributed by atoms with van der Waals surface area (Å²) in [7, 11) is 3.02. The highest BCUT2D eigenvalue weighted by atomic mass is 35.5. The summed E-state index contributed by atoms with van der Waals surface area (Å²) in [5.41, 5.74) is 2.32. The molecule has 8 heteroatoms. The minimum atomic E-state index is -0.305. The zero-order valence-corrected chi connectivity index (χ0v) is 18.4. The number of thiophene rings is 1. The Morgan fingerprint density at radius 3 is 2.47 bits per heavy atom. The fraction of sp³-hybridized carbons (Fsp3) is 0.0909. The van der Waals surface area contributed by atoms with E-state index in [2.05, 4.69) is 5.32 Å². The second-order valence-corrected chi connectivity index (χ2v) is 8.44. The Balaban J connectivity index is 1.80. The Morgan fingerprint density at radius 2 is 1.77 bits per heavy atom. The van der Waals surface area contributed by atoms with E-state index < -0.39 is 0 Å². The van der Waals surface area contributed by atoms with Gasteiger partial charge in [-0.3, -0.25) is 4.79 Å². The van der Waals surface area contributed by atoms with E-state index in [1.807, 2.05) is 36.4 Å². The summed E-state index contributed by atoms with van der Waals surface area (Å²) in [6.07, 6.45) is 0. The number of aromatic nitrogens is 1. The predicted octanol–water partition coefficient (Wildman–Crippen LogP) is 6.54. The molecular weight excluding hydrogens is 443 g/mol. The van der Waals surface area contributed by atoms with Gasteiger partial charge in [0.1, 0.15) is 11.5 Å². The third-order valence-corrected chi connectivity index (χ3v) is 6.06. The number of hydrogen-bond acceptors (Lipinski definition) is 5. The van der Waals surface area contributed by atoms with Crippen molar-refractivity contribution in [2.24, 2.45) is 0 Å². The molecule has 0 aliphatic heterocycles. The van der Waals surface area contributed by atoms with Crippen molar-refractivity contribution >= 4 is 57.0 Å². The lowest BCUT2D eigenvalue weighted by atomic mass is 10.1. The zero-order chi connectivity index (χ0) is 21.3. The number of nitrogens with zero attached hydrogens (tertiary/aromatic N) is 1. The van der Waals surface area contributed by atoms with Gasteiger partial charge >= 0.3 is 0 Å². The Hall–Kier alpha value is -2.80. The maximum absolute atomic E-state index is 13.3. The molecule has 0 aliphatic carbocycles. The van der Waals surface area contributed by atoms with Crippen LogP contribution in [0, 0.1) is 0 Å². The maximum Gasteiger partial charge on any atom is 0.256 e. The van der Waals surface area contributed by atoms with Crippen LogP contribution in [0.5, 0.6) is 11.5 Å². The number of carbonyl (C=O) groups is 1. The molecule has 0 unspecified atom stereocenters. The molecule has 30 heavy (non-hydrogen) atoms. The average molecular weight is 459 g/mol. The molecule has 0 saturated carbocycles. The number of pyridine rings is 1. The number of rotatable bonds is 5.